The number of aromatic amines is 1. The molecule has 3 heteroatoms. The van der Waals surface area contributed by atoms with Crippen molar-refractivity contribution in [2.45, 2.75) is 12.8 Å². The molecule has 0 fully saturated rings. The van der Waals surface area contributed by atoms with E-state index in [1.54, 1.807) is 0 Å². The number of benzene rings is 1. The number of nitrogens with one attached hydrogen (secondary N) is 2. The second-order valence-electron chi connectivity index (χ2n) is 3.95. The molecule has 0 atom stereocenters. The quantitative estimate of drug-likeness (QED) is 0.582. The van der Waals surface area contributed by atoms with Crippen molar-refractivity contribution in [2.24, 2.45) is 0 Å². The monoisotopic (exact) mass is 212 g/mol. The van der Waals surface area contributed by atoms with Crippen LogP contribution in [0, 0.1) is 0 Å². The molecular weight excluding hydrogens is 200 g/mol. The first-order valence-electron chi connectivity index (χ1n) is 5.38. The van der Waals surface area contributed by atoms with Crippen LogP contribution in [0.2, 0.25) is 0 Å². The summed E-state index contributed by atoms with van der Waals surface area (Å²) >= 11 is 0. The van der Waals surface area contributed by atoms with Crippen LogP contribution in [-0.4, -0.2) is 11.4 Å². The van der Waals surface area contributed by atoms with Gasteiger partial charge < -0.3 is 10.3 Å². The summed E-state index contributed by atoms with van der Waals surface area (Å²) in [6, 6.07) is 5.98. The topological polar surface area (TPSA) is 44.9 Å². The van der Waals surface area contributed by atoms with Crippen LogP contribution < -0.4 is 5.32 Å². The van der Waals surface area contributed by atoms with Crippen molar-refractivity contribution >= 4 is 23.0 Å². The lowest BCUT2D eigenvalue weighted by atomic mass is 10.0. The molecule has 1 aliphatic rings. The molecule has 1 amide bonds. The van der Waals surface area contributed by atoms with Crippen molar-refractivity contribution in [1.82, 2.24) is 4.98 Å². The summed E-state index contributed by atoms with van der Waals surface area (Å²) in [5, 5.41) is 3.94. The van der Waals surface area contributed by atoms with Crippen molar-refractivity contribution in [3.05, 3.63) is 41.6 Å². The van der Waals surface area contributed by atoms with Crippen LogP contribution in [0.3, 0.4) is 0 Å². The van der Waals surface area contributed by atoms with Crippen LogP contribution in [0.5, 0.6) is 0 Å². The smallest absolute Gasteiger partial charge is 0.211 e. The molecular formula is C13H12N2O. The fourth-order valence-electron chi connectivity index (χ4n) is 2.32. The molecule has 2 aromatic rings. The van der Waals surface area contributed by atoms with E-state index in [-0.39, 0.29) is 0 Å². The number of carbonyl (C=O) groups excluding carboxylic acids is 1. The van der Waals surface area contributed by atoms with E-state index < -0.39 is 0 Å². The number of allylic oxidation sites excluding steroid dienone is 2. The van der Waals surface area contributed by atoms with Crippen LogP contribution in [0.1, 0.15) is 11.3 Å². The Labute approximate surface area is 93.2 Å². The van der Waals surface area contributed by atoms with Gasteiger partial charge in [-0.25, -0.2) is 0 Å². The number of fused-ring (bicyclic) bond motifs is 3. The number of anilines is 1. The van der Waals surface area contributed by atoms with Crippen molar-refractivity contribution in [3.8, 4) is 0 Å². The minimum absolute atomic E-state index is 0.715. The summed E-state index contributed by atoms with van der Waals surface area (Å²) in [6.07, 6.45) is 7.00. The maximum atomic E-state index is 10.5. The van der Waals surface area contributed by atoms with E-state index in [0.29, 0.717) is 6.41 Å². The highest BCUT2D eigenvalue weighted by Gasteiger charge is 2.13. The fraction of sp³-hybridized carbons (Fsp3) is 0.154. The largest absolute Gasteiger partial charge is 0.356 e. The predicted molar refractivity (Wildman–Crippen MR) is 64.5 cm³/mol. The molecule has 1 heterocycles. The van der Waals surface area contributed by atoms with Gasteiger partial charge in [-0.3, -0.25) is 4.79 Å². The van der Waals surface area contributed by atoms with Gasteiger partial charge in [-0.05, 0) is 18.1 Å². The Morgan fingerprint density at radius 1 is 1.25 bits per heavy atom. The first-order chi connectivity index (χ1) is 7.90. The van der Waals surface area contributed by atoms with Gasteiger partial charge in [0.05, 0.1) is 11.2 Å². The van der Waals surface area contributed by atoms with Gasteiger partial charge in [0.2, 0.25) is 6.41 Å². The first kappa shape index (κ1) is 9.21. The number of hydrogen-bond acceptors (Lipinski definition) is 1. The van der Waals surface area contributed by atoms with E-state index in [9.17, 15) is 4.79 Å². The Morgan fingerprint density at radius 2 is 2.12 bits per heavy atom. The van der Waals surface area contributed by atoms with Crippen molar-refractivity contribution in [1.29, 1.82) is 0 Å². The van der Waals surface area contributed by atoms with Gasteiger partial charge in [0.15, 0.2) is 0 Å². The van der Waals surface area contributed by atoms with E-state index in [2.05, 4.69) is 28.5 Å². The lowest BCUT2D eigenvalue weighted by Gasteiger charge is -2.04. The zero-order chi connectivity index (χ0) is 11.0. The van der Waals surface area contributed by atoms with Crippen molar-refractivity contribution < 1.29 is 4.79 Å². The van der Waals surface area contributed by atoms with Crippen LogP contribution in [-0.2, 0) is 17.6 Å². The second-order valence-corrected chi connectivity index (χ2v) is 3.95. The van der Waals surface area contributed by atoms with Gasteiger partial charge in [0.1, 0.15) is 0 Å². The predicted octanol–water partition coefficient (Wildman–Crippen LogP) is 2.39. The minimum atomic E-state index is 0.715. The standard InChI is InChI=1S/C13H12N2O/c16-8-14-12-7-3-5-10-9-4-1-2-6-11(9)15-13(10)12/h1-3,5,7-8,15H,4,6H2,(H,14,16). The Balaban J connectivity index is 2.26. The third kappa shape index (κ3) is 1.25. The fourth-order valence-corrected chi connectivity index (χ4v) is 2.32. The molecule has 80 valence electrons. The molecule has 1 aromatic heterocycles. The summed E-state index contributed by atoms with van der Waals surface area (Å²) in [4.78, 5) is 13.9. The molecule has 2 N–H and O–H groups in total. The number of hydrogen-bond donors (Lipinski definition) is 2. The highest BCUT2D eigenvalue weighted by Crippen LogP contribution is 2.30. The number of carbonyl (C=O) groups is 1. The molecule has 1 aliphatic carbocycles. The molecule has 0 aliphatic heterocycles. The van der Waals surface area contributed by atoms with E-state index in [1.165, 1.54) is 16.6 Å². The molecule has 0 saturated heterocycles. The summed E-state index contributed by atoms with van der Waals surface area (Å²) in [6.45, 7) is 0. The number of aromatic nitrogens is 1. The van der Waals surface area contributed by atoms with Gasteiger partial charge in [-0.15, -0.1) is 0 Å². The third-order valence-electron chi connectivity index (χ3n) is 3.05. The molecule has 0 unspecified atom stereocenters. The van der Waals surface area contributed by atoms with E-state index in [1.807, 2.05) is 12.1 Å². The Bertz CT molecular complexity index is 581. The summed E-state index contributed by atoms with van der Waals surface area (Å²) in [7, 11) is 0. The number of amides is 1. The van der Waals surface area contributed by atoms with Crippen LogP contribution >= 0.6 is 0 Å². The highest BCUT2D eigenvalue weighted by atomic mass is 16.1. The van der Waals surface area contributed by atoms with Gasteiger partial charge in [-0.2, -0.15) is 0 Å². The van der Waals surface area contributed by atoms with Crippen molar-refractivity contribution in [3.63, 3.8) is 0 Å². The minimum Gasteiger partial charge on any atom is -0.356 e. The molecule has 3 rings (SSSR count). The molecule has 16 heavy (non-hydrogen) atoms. The van der Waals surface area contributed by atoms with E-state index >= 15 is 0 Å². The SMILES string of the molecule is O=CNc1cccc2c3c([nH]c12)CC=CC3. The zero-order valence-corrected chi connectivity index (χ0v) is 8.79. The second kappa shape index (κ2) is 3.52. The van der Waals surface area contributed by atoms with Gasteiger partial charge in [-0.1, -0.05) is 24.3 Å². The number of H-pyrrole nitrogens is 1. The maximum Gasteiger partial charge on any atom is 0.211 e. The average molecular weight is 212 g/mol. The third-order valence-corrected chi connectivity index (χ3v) is 3.05. The average Bonchev–Trinajstić information content (AvgIpc) is 2.69. The lowest BCUT2D eigenvalue weighted by Crippen LogP contribution is -1.94. The highest BCUT2D eigenvalue weighted by molar-refractivity contribution is 5.97. The molecule has 0 radical (unpaired) electrons. The molecule has 1 aromatic carbocycles. The van der Waals surface area contributed by atoms with Crippen LogP contribution in [0.4, 0.5) is 5.69 Å². The number of para-hydroxylation sites is 1. The Hall–Kier alpha value is -2.03. The van der Waals surface area contributed by atoms with Gasteiger partial charge >= 0.3 is 0 Å². The van der Waals surface area contributed by atoms with Crippen LogP contribution in [0.25, 0.3) is 10.9 Å². The molecule has 0 saturated carbocycles. The lowest BCUT2D eigenvalue weighted by molar-refractivity contribution is -0.105. The summed E-state index contributed by atoms with van der Waals surface area (Å²) in [5.74, 6) is 0. The Kier molecular flexibility index (Phi) is 2.03. The van der Waals surface area contributed by atoms with Crippen LogP contribution in [0.15, 0.2) is 30.4 Å². The van der Waals surface area contributed by atoms with Gasteiger partial charge in [0, 0.05) is 17.5 Å². The summed E-state index contributed by atoms with van der Waals surface area (Å²) < 4.78 is 0. The zero-order valence-electron chi connectivity index (χ0n) is 8.79. The maximum absolute atomic E-state index is 10.5. The first-order valence-corrected chi connectivity index (χ1v) is 5.38. The Morgan fingerprint density at radius 3 is 3.00 bits per heavy atom. The molecule has 3 nitrogen and oxygen atoms in total. The molecule has 0 spiro atoms. The van der Waals surface area contributed by atoms with E-state index in [0.717, 1.165) is 24.0 Å². The number of rotatable bonds is 2. The molecule has 0 bridgehead atoms. The van der Waals surface area contributed by atoms with Crippen molar-refractivity contribution in [2.75, 3.05) is 5.32 Å². The normalized spacial score (nSPS) is 13.8. The summed E-state index contributed by atoms with van der Waals surface area (Å²) in [5.41, 5.74) is 4.50. The van der Waals surface area contributed by atoms with E-state index in [4.69, 9.17) is 0 Å². The van der Waals surface area contributed by atoms with Gasteiger partial charge in [0.25, 0.3) is 0 Å².